The van der Waals surface area contributed by atoms with Crippen molar-refractivity contribution >= 4 is 50.5 Å². The van der Waals surface area contributed by atoms with E-state index in [0.717, 1.165) is 16.2 Å². The number of nitrogens with one attached hydrogen (secondary N) is 1. The summed E-state index contributed by atoms with van der Waals surface area (Å²) in [7, 11) is -2.16. The molecule has 0 spiro atoms. The second kappa shape index (κ2) is 7.84. The van der Waals surface area contributed by atoms with Gasteiger partial charge in [-0.1, -0.05) is 35.3 Å². The molecule has 24 heavy (non-hydrogen) atoms. The van der Waals surface area contributed by atoms with E-state index in [1.165, 1.54) is 24.3 Å². The molecule has 1 aromatic heterocycles. The molecule has 0 atom stereocenters. The number of thiophene rings is 1. The van der Waals surface area contributed by atoms with Crippen LogP contribution in [0.15, 0.2) is 34.5 Å². The minimum atomic E-state index is -3.65. The van der Waals surface area contributed by atoms with E-state index in [1.54, 1.807) is 24.3 Å². The minimum absolute atomic E-state index is 0.112. The molecule has 0 bridgehead atoms. The number of amides is 1. The lowest BCUT2D eigenvalue weighted by molar-refractivity contribution is -0.119. The monoisotopic (exact) mass is 406 g/mol. The Hall–Kier alpha value is -1.12. The number of rotatable bonds is 6. The van der Waals surface area contributed by atoms with Crippen LogP contribution in [-0.4, -0.2) is 25.7 Å². The first-order valence-electron chi connectivity index (χ1n) is 6.94. The summed E-state index contributed by atoms with van der Waals surface area (Å²) in [4.78, 5) is 11.7. The number of carbonyl (C=O) groups is 1. The zero-order chi connectivity index (χ0) is 17.9. The highest BCUT2D eigenvalue weighted by Crippen LogP contribution is 2.29. The van der Waals surface area contributed by atoms with Crippen molar-refractivity contribution in [2.24, 2.45) is 0 Å². The van der Waals surface area contributed by atoms with Crippen molar-refractivity contribution in [2.45, 2.75) is 24.2 Å². The average Bonchev–Trinajstić information content (AvgIpc) is 2.99. The molecule has 0 aliphatic carbocycles. The summed E-state index contributed by atoms with van der Waals surface area (Å²) in [6, 6.07) is 8.33. The van der Waals surface area contributed by atoms with Crippen LogP contribution in [0.25, 0.3) is 0 Å². The van der Waals surface area contributed by atoms with Crippen LogP contribution in [0, 0.1) is 0 Å². The quantitative estimate of drug-likeness (QED) is 0.797. The lowest BCUT2D eigenvalue weighted by atomic mass is 10.2. The van der Waals surface area contributed by atoms with Gasteiger partial charge in [0.1, 0.15) is 4.21 Å². The third-order valence-electron chi connectivity index (χ3n) is 3.24. The van der Waals surface area contributed by atoms with Crippen molar-refractivity contribution < 1.29 is 13.2 Å². The minimum Gasteiger partial charge on any atom is -0.351 e. The van der Waals surface area contributed by atoms with E-state index in [9.17, 15) is 13.2 Å². The summed E-state index contributed by atoms with van der Waals surface area (Å²) >= 11 is 13.2. The highest BCUT2D eigenvalue weighted by molar-refractivity contribution is 7.91. The molecule has 9 heteroatoms. The molecule has 1 aromatic carbocycles. The number of hydrogen-bond donors (Lipinski definition) is 1. The van der Waals surface area contributed by atoms with Crippen molar-refractivity contribution in [3.63, 3.8) is 0 Å². The predicted molar refractivity (Wildman–Crippen MR) is 97.0 cm³/mol. The molecule has 1 heterocycles. The molecule has 1 amide bonds. The molecular formula is C15H16Cl2N2O3S2. The Kier molecular flexibility index (Phi) is 6.28. The average molecular weight is 407 g/mol. The Morgan fingerprint density at radius 1 is 1.25 bits per heavy atom. The summed E-state index contributed by atoms with van der Waals surface area (Å²) in [5, 5.41) is 3.37. The van der Waals surface area contributed by atoms with Crippen molar-refractivity contribution in [3.8, 4) is 0 Å². The Bertz CT molecular complexity index is 850. The molecular weight excluding hydrogens is 391 g/mol. The summed E-state index contributed by atoms with van der Waals surface area (Å²) < 4.78 is 26.7. The molecule has 0 radical (unpaired) electrons. The third kappa shape index (κ3) is 4.49. The van der Waals surface area contributed by atoms with Crippen molar-refractivity contribution in [2.75, 3.05) is 7.05 Å². The fourth-order valence-corrected chi connectivity index (χ4v) is 4.99. The zero-order valence-electron chi connectivity index (χ0n) is 13.0. The molecule has 0 saturated heterocycles. The molecule has 2 aromatic rings. The van der Waals surface area contributed by atoms with Gasteiger partial charge in [-0.15, -0.1) is 11.3 Å². The molecule has 0 fully saturated rings. The van der Waals surface area contributed by atoms with Gasteiger partial charge in [-0.3, -0.25) is 4.79 Å². The number of hydrogen-bond acceptors (Lipinski definition) is 4. The Morgan fingerprint density at radius 2 is 1.96 bits per heavy atom. The largest absolute Gasteiger partial charge is 0.351 e. The van der Waals surface area contributed by atoms with Gasteiger partial charge < -0.3 is 5.32 Å². The lowest BCUT2D eigenvalue weighted by Crippen LogP contribution is -2.26. The van der Waals surface area contributed by atoms with Crippen LogP contribution >= 0.6 is 34.5 Å². The van der Waals surface area contributed by atoms with Crippen LogP contribution in [0.5, 0.6) is 0 Å². The van der Waals surface area contributed by atoms with Gasteiger partial charge >= 0.3 is 0 Å². The molecule has 130 valence electrons. The van der Waals surface area contributed by atoms with E-state index in [2.05, 4.69) is 5.32 Å². The highest BCUT2D eigenvalue weighted by Gasteiger charge is 2.24. The first kappa shape index (κ1) is 19.2. The molecule has 0 saturated carbocycles. The first-order valence-corrected chi connectivity index (χ1v) is 9.95. The van der Waals surface area contributed by atoms with Crippen molar-refractivity contribution in [3.05, 3.63) is 50.8 Å². The number of benzene rings is 1. The van der Waals surface area contributed by atoms with Gasteiger partial charge in [-0.25, -0.2) is 8.42 Å². The second-order valence-electron chi connectivity index (χ2n) is 5.10. The van der Waals surface area contributed by atoms with E-state index >= 15 is 0 Å². The number of carbonyl (C=O) groups excluding carboxylic acids is 1. The maximum absolute atomic E-state index is 12.7. The molecule has 1 N–H and O–H groups in total. The SMILES string of the molecule is CC(=O)NCc1ccc(S(=O)(=O)N(C)Cc2cccc(Cl)c2Cl)s1. The maximum atomic E-state index is 12.7. The van der Waals surface area contributed by atoms with E-state index in [4.69, 9.17) is 23.2 Å². The highest BCUT2D eigenvalue weighted by atomic mass is 35.5. The normalized spacial score (nSPS) is 11.7. The Morgan fingerprint density at radius 3 is 2.62 bits per heavy atom. The molecule has 2 rings (SSSR count). The summed E-state index contributed by atoms with van der Waals surface area (Å²) in [6.07, 6.45) is 0. The van der Waals surface area contributed by atoms with Gasteiger partial charge in [0.05, 0.1) is 16.6 Å². The number of halogens is 2. The smallest absolute Gasteiger partial charge is 0.252 e. The van der Waals surface area contributed by atoms with E-state index in [0.29, 0.717) is 22.2 Å². The van der Waals surface area contributed by atoms with E-state index in [-0.39, 0.29) is 16.7 Å². The van der Waals surface area contributed by atoms with Crippen molar-refractivity contribution in [1.29, 1.82) is 0 Å². The maximum Gasteiger partial charge on any atom is 0.252 e. The van der Waals surface area contributed by atoms with E-state index < -0.39 is 10.0 Å². The van der Waals surface area contributed by atoms with Gasteiger partial charge in [0, 0.05) is 25.4 Å². The molecule has 5 nitrogen and oxygen atoms in total. The predicted octanol–water partition coefficient (Wildman–Crippen LogP) is 3.51. The van der Waals surface area contributed by atoms with Crippen LogP contribution in [0.4, 0.5) is 0 Å². The Balaban J connectivity index is 2.17. The van der Waals surface area contributed by atoms with Gasteiger partial charge in [-0.05, 0) is 23.8 Å². The van der Waals surface area contributed by atoms with Crippen LogP contribution in [0.3, 0.4) is 0 Å². The van der Waals surface area contributed by atoms with Gasteiger partial charge in [0.2, 0.25) is 5.91 Å². The van der Waals surface area contributed by atoms with Gasteiger partial charge in [0.25, 0.3) is 10.0 Å². The van der Waals surface area contributed by atoms with Crippen LogP contribution in [0.1, 0.15) is 17.4 Å². The summed E-state index contributed by atoms with van der Waals surface area (Å²) in [5.74, 6) is -0.166. The molecule has 0 aliphatic rings. The van der Waals surface area contributed by atoms with Gasteiger partial charge in [0.15, 0.2) is 0 Å². The third-order valence-corrected chi connectivity index (χ3v) is 7.45. The van der Waals surface area contributed by atoms with Gasteiger partial charge in [-0.2, -0.15) is 4.31 Å². The molecule has 0 aliphatic heterocycles. The standard InChI is InChI=1S/C15H16Cl2N2O3S2/c1-10(20)18-8-12-6-7-14(23-12)24(21,22)19(2)9-11-4-3-5-13(16)15(11)17/h3-7H,8-9H2,1-2H3,(H,18,20). The number of nitrogens with zero attached hydrogens (tertiary/aromatic N) is 1. The van der Waals surface area contributed by atoms with Crippen LogP contribution in [0.2, 0.25) is 10.0 Å². The molecule has 0 unspecified atom stereocenters. The Labute approximate surface area is 155 Å². The lowest BCUT2D eigenvalue weighted by Gasteiger charge is -2.17. The second-order valence-corrected chi connectivity index (χ2v) is 9.33. The van der Waals surface area contributed by atoms with Crippen LogP contribution < -0.4 is 5.32 Å². The number of sulfonamides is 1. The summed E-state index contributed by atoms with van der Waals surface area (Å²) in [6.45, 7) is 1.83. The summed E-state index contributed by atoms with van der Waals surface area (Å²) in [5.41, 5.74) is 0.630. The zero-order valence-corrected chi connectivity index (χ0v) is 16.2. The fourth-order valence-electron chi connectivity index (χ4n) is 1.95. The first-order chi connectivity index (χ1) is 11.2. The van der Waals surface area contributed by atoms with Crippen LogP contribution in [-0.2, 0) is 27.9 Å². The topological polar surface area (TPSA) is 66.5 Å². The van der Waals surface area contributed by atoms with E-state index in [1.807, 2.05) is 0 Å². The van der Waals surface area contributed by atoms with Crippen molar-refractivity contribution in [1.82, 2.24) is 9.62 Å². The fraction of sp³-hybridized carbons (Fsp3) is 0.267.